The Labute approximate surface area is 252 Å². The van der Waals surface area contributed by atoms with Crippen molar-refractivity contribution >= 4 is 27.8 Å². The number of rotatable bonds is 11. The number of hydrogen-bond donors (Lipinski definition) is 0. The Hall–Kier alpha value is -3.43. The van der Waals surface area contributed by atoms with Crippen LogP contribution < -0.4 is 0 Å². The van der Waals surface area contributed by atoms with Crippen molar-refractivity contribution in [3.05, 3.63) is 144 Å². The Morgan fingerprint density at radius 3 is 1.71 bits per heavy atom. The molecule has 0 aliphatic carbocycles. The lowest BCUT2D eigenvalue weighted by Crippen LogP contribution is -2.38. The van der Waals surface area contributed by atoms with Crippen molar-refractivity contribution in [3.63, 3.8) is 0 Å². The molecular formula is C34H35NO5S2. The molecule has 0 aromatic heterocycles. The van der Waals surface area contributed by atoms with E-state index in [2.05, 4.69) is 36.4 Å². The van der Waals surface area contributed by atoms with Crippen LogP contribution in [0.4, 0.5) is 0 Å². The molecule has 0 spiro atoms. The van der Waals surface area contributed by atoms with Crippen molar-refractivity contribution in [3.8, 4) is 0 Å². The smallest absolute Gasteiger partial charge is 0.339 e. The molecule has 0 bridgehead atoms. The highest BCUT2D eigenvalue weighted by Crippen LogP contribution is 2.52. The summed E-state index contributed by atoms with van der Waals surface area (Å²) >= 11 is 1.77. The summed E-state index contributed by atoms with van der Waals surface area (Å²) < 4.78 is 38.2. The zero-order valence-corrected chi connectivity index (χ0v) is 25.3. The van der Waals surface area contributed by atoms with Crippen LogP contribution in [0.5, 0.6) is 0 Å². The first-order valence-corrected chi connectivity index (χ1v) is 16.6. The highest BCUT2D eigenvalue weighted by atomic mass is 32.2. The normalized spacial score (nSPS) is 18.4. The quantitative estimate of drug-likeness (QED) is 0.154. The topological polar surface area (TPSA) is 72.9 Å². The summed E-state index contributed by atoms with van der Waals surface area (Å²) in [6.07, 6.45) is 0.858. The fourth-order valence-electron chi connectivity index (χ4n) is 5.70. The number of sulfonamides is 1. The zero-order chi connectivity index (χ0) is 29.6. The maximum atomic E-state index is 13.0. The number of carbonyl (C=O) groups is 1. The van der Waals surface area contributed by atoms with Crippen molar-refractivity contribution in [2.45, 2.75) is 28.6 Å². The van der Waals surface area contributed by atoms with Crippen LogP contribution in [-0.4, -0.2) is 56.5 Å². The van der Waals surface area contributed by atoms with E-state index >= 15 is 0 Å². The van der Waals surface area contributed by atoms with Gasteiger partial charge in [-0.1, -0.05) is 121 Å². The summed E-state index contributed by atoms with van der Waals surface area (Å²) in [5, 5.41) is -0.0535. The lowest BCUT2D eigenvalue weighted by atomic mass is 9.84. The molecule has 0 unspecified atom stereocenters. The van der Waals surface area contributed by atoms with Gasteiger partial charge in [-0.15, -0.1) is 11.8 Å². The van der Waals surface area contributed by atoms with Gasteiger partial charge in [-0.05, 0) is 28.7 Å². The largest absolute Gasteiger partial charge is 0.467 e. The van der Waals surface area contributed by atoms with Gasteiger partial charge in [0.05, 0.1) is 24.7 Å². The maximum Gasteiger partial charge on any atom is 0.339 e. The average Bonchev–Trinajstić information content (AvgIpc) is 3.45. The molecule has 6 nitrogen and oxygen atoms in total. The zero-order valence-electron chi connectivity index (χ0n) is 23.7. The molecule has 8 heteroatoms. The first kappa shape index (κ1) is 30.0. The third-order valence-corrected chi connectivity index (χ3v) is 10.6. The van der Waals surface area contributed by atoms with E-state index in [0.29, 0.717) is 18.5 Å². The number of benzene rings is 4. The Balaban J connectivity index is 1.49. The molecule has 0 radical (unpaired) electrons. The number of methoxy groups -OCH3 is 1. The van der Waals surface area contributed by atoms with Gasteiger partial charge in [0.2, 0.25) is 10.0 Å². The fraction of sp³-hybridized carbons (Fsp3) is 0.265. The minimum absolute atomic E-state index is 0.0535. The van der Waals surface area contributed by atoms with E-state index in [0.717, 1.165) is 16.7 Å². The van der Waals surface area contributed by atoms with Gasteiger partial charge in [0.25, 0.3) is 0 Å². The average molecular weight is 602 g/mol. The van der Waals surface area contributed by atoms with Crippen LogP contribution in [0.1, 0.15) is 34.8 Å². The van der Waals surface area contributed by atoms with Gasteiger partial charge in [-0.3, -0.25) is 0 Å². The van der Waals surface area contributed by atoms with Crippen LogP contribution in [0.3, 0.4) is 0 Å². The Morgan fingerprint density at radius 2 is 1.29 bits per heavy atom. The Bertz CT molecular complexity index is 1450. The molecule has 1 fully saturated rings. The predicted octanol–water partition coefficient (Wildman–Crippen LogP) is 6.05. The molecule has 218 valence electrons. The summed E-state index contributed by atoms with van der Waals surface area (Å²) in [6.45, 7) is 0.397. The highest BCUT2D eigenvalue weighted by molar-refractivity contribution is 8.01. The minimum atomic E-state index is -3.55. The minimum Gasteiger partial charge on any atom is -0.467 e. The molecule has 1 heterocycles. The van der Waals surface area contributed by atoms with Gasteiger partial charge in [-0.2, -0.15) is 4.31 Å². The van der Waals surface area contributed by atoms with Crippen LogP contribution in [0, 0.1) is 0 Å². The van der Waals surface area contributed by atoms with Crippen molar-refractivity contribution in [1.82, 2.24) is 4.31 Å². The van der Waals surface area contributed by atoms with Gasteiger partial charge < -0.3 is 9.47 Å². The number of hydrogen-bond acceptors (Lipinski definition) is 6. The van der Waals surface area contributed by atoms with Crippen LogP contribution in [0.25, 0.3) is 0 Å². The number of carbonyl (C=O) groups excluding carboxylic acids is 1. The number of ether oxygens (including phenoxy) is 2. The van der Waals surface area contributed by atoms with Crippen molar-refractivity contribution in [2.75, 3.05) is 26.5 Å². The molecule has 0 amide bonds. The van der Waals surface area contributed by atoms with E-state index in [1.54, 1.807) is 23.9 Å². The molecule has 1 aliphatic rings. The summed E-state index contributed by atoms with van der Waals surface area (Å²) in [4.78, 5) is 12.6. The van der Waals surface area contributed by atoms with Crippen LogP contribution in [-0.2, 0) is 29.0 Å². The van der Waals surface area contributed by atoms with Crippen LogP contribution in [0.2, 0.25) is 0 Å². The number of nitrogens with zero attached hydrogens (tertiary/aromatic N) is 1. The first-order valence-electron chi connectivity index (χ1n) is 13.9. The van der Waals surface area contributed by atoms with Gasteiger partial charge in [0.15, 0.2) is 6.10 Å². The number of thioether (sulfide) groups is 1. The van der Waals surface area contributed by atoms with E-state index in [1.807, 2.05) is 72.8 Å². The monoisotopic (exact) mass is 601 g/mol. The van der Waals surface area contributed by atoms with Gasteiger partial charge >= 0.3 is 5.97 Å². The second kappa shape index (κ2) is 13.3. The third kappa shape index (κ3) is 6.47. The molecule has 3 atom stereocenters. The molecule has 42 heavy (non-hydrogen) atoms. The van der Waals surface area contributed by atoms with Crippen molar-refractivity contribution < 1.29 is 22.7 Å². The van der Waals surface area contributed by atoms with Gasteiger partial charge in [-0.25, -0.2) is 13.2 Å². The highest BCUT2D eigenvalue weighted by Gasteiger charge is 2.45. The van der Waals surface area contributed by atoms with E-state index in [-0.39, 0.29) is 11.9 Å². The lowest BCUT2D eigenvalue weighted by Gasteiger charge is -2.37. The van der Waals surface area contributed by atoms with Gasteiger partial charge in [0, 0.05) is 17.8 Å². The first-order chi connectivity index (χ1) is 20.3. The van der Waals surface area contributed by atoms with E-state index in [4.69, 9.17) is 9.47 Å². The third-order valence-electron chi connectivity index (χ3n) is 7.61. The maximum absolute atomic E-state index is 13.0. The summed E-state index contributed by atoms with van der Waals surface area (Å²) in [5.41, 5.74) is 4.02. The Morgan fingerprint density at radius 1 is 0.833 bits per heavy atom. The molecule has 0 N–H and O–H groups in total. The molecule has 4 aromatic carbocycles. The Kier molecular flexibility index (Phi) is 9.48. The van der Waals surface area contributed by atoms with Crippen LogP contribution >= 0.6 is 11.8 Å². The van der Waals surface area contributed by atoms with Gasteiger partial charge in [0.1, 0.15) is 0 Å². The molecule has 4 aromatic rings. The second-order valence-corrected chi connectivity index (χ2v) is 13.8. The van der Waals surface area contributed by atoms with Crippen molar-refractivity contribution in [1.29, 1.82) is 0 Å². The molecule has 1 aliphatic heterocycles. The summed E-state index contributed by atoms with van der Waals surface area (Å²) in [7, 11) is -2.23. The lowest BCUT2D eigenvalue weighted by molar-refractivity contribution is -0.155. The fourth-order valence-corrected chi connectivity index (χ4v) is 8.81. The summed E-state index contributed by atoms with van der Waals surface area (Å²) in [5.74, 6) is -0.521. The molecule has 0 saturated carbocycles. The predicted molar refractivity (Wildman–Crippen MR) is 168 cm³/mol. The van der Waals surface area contributed by atoms with E-state index in [1.165, 1.54) is 17.7 Å². The molecular weight excluding hydrogens is 567 g/mol. The SMILES string of the molecule is COC(=O)[C@@H](OC[C@@H]1C[C@@H](SC(c2ccccc2)(c2ccccc2)c2ccccc2)CN1S(C)(=O)=O)c1ccccc1. The van der Waals surface area contributed by atoms with E-state index < -0.39 is 32.9 Å². The second-order valence-electron chi connectivity index (χ2n) is 10.4. The number of esters is 1. The molecule has 1 saturated heterocycles. The molecule has 5 rings (SSSR count). The van der Waals surface area contributed by atoms with Crippen molar-refractivity contribution in [2.24, 2.45) is 0 Å². The standard InChI is InChI=1S/C34H35NO5S2/c1-39-33(36)32(26-15-7-3-8-16-26)40-25-30-23-31(24-35(30)42(2,37)38)41-34(27-17-9-4-10-18-27,28-19-11-5-12-20-28)29-21-13-6-14-22-29/h3-22,30-32H,23-25H2,1-2H3/t30-,31+,32-/m0/s1. The van der Waals surface area contributed by atoms with E-state index in [9.17, 15) is 13.2 Å². The van der Waals surface area contributed by atoms with Crippen LogP contribution in [0.15, 0.2) is 121 Å². The summed E-state index contributed by atoms with van der Waals surface area (Å²) in [6, 6.07) is 39.8.